The molecular formula is C22H22N4O3. The van der Waals surface area contributed by atoms with Gasteiger partial charge in [0.15, 0.2) is 0 Å². The normalized spacial score (nSPS) is 21.7. The van der Waals surface area contributed by atoms with Crippen LogP contribution in [-0.4, -0.2) is 46.8 Å². The molecule has 2 aliphatic heterocycles. The second kappa shape index (κ2) is 6.35. The number of hydrogen-bond donors (Lipinski definition) is 3. The fourth-order valence-corrected chi connectivity index (χ4v) is 4.34. The number of para-hydroxylation sites is 2. The van der Waals surface area contributed by atoms with E-state index in [4.69, 9.17) is 14.9 Å². The van der Waals surface area contributed by atoms with Gasteiger partial charge in [0.2, 0.25) is 0 Å². The second-order valence-electron chi connectivity index (χ2n) is 7.55. The minimum Gasteiger partial charge on any atom is -0.509 e. The van der Waals surface area contributed by atoms with Gasteiger partial charge < -0.3 is 24.5 Å². The molecule has 0 aliphatic carbocycles. The van der Waals surface area contributed by atoms with E-state index in [0.29, 0.717) is 36.8 Å². The van der Waals surface area contributed by atoms with E-state index in [1.54, 1.807) is 7.11 Å². The van der Waals surface area contributed by atoms with Crippen molar-refractivity contribution >= 4 is 28.1 Å². The van der Waals surface area contributed by atoms with Crippen molar-refractivity contribution in [2.45, 2.75) is 18.9 Å². The summed E-state index contributed by atoms with van der Waals surface area (Å²) in [5.41, 5.74) is 3.05. The SMILES string of the molecule is COc1cc(C)cc(N2C(=N)C(c3nc4ccccc4[nH]3)=C(O)C23CCOC3)c1. The van der Waals surface area contributed by atoms with Crippen molar-refractivity contribution in [3.05, 3.63) is 59.6 Å². The van der Waals surface area contributed by atoms with Crippen molar-refractivity contribution in [2.24, 2.45) is 0 Å². The summed E-state index contributed by atoms with van der Waals surface area (Å²) in [6.07, 6.45) is 0.585. The van der Waals surface area contributed by atoms with Gasteiger partial charge in [0, 0.05) is 24.8 Å². The summed E-state index contributed by atoms with van der Waals surface area (Å²) < 4.78 is 11.1. The lowest BCUT2D eigenvalue weighted by atomic mass is 9.94. The first kappa shape index (κ1) is 17.8. The quantitative estimate of drug-likeness (QED) is 0.632. The van der Waals surface area contributed by atoms with Gasteiger partial charge in [-0.05, 0) is 36.8 Å². The van der Waals surface area contributed by atoms with Crippen molar-refractivity contribution in [3.8, 4) is 5.75 Å². The molecule has 1 atom stereocenters. The van der Waals surface area contributed by atoms with E-state index in [1.807, 2.05) is 54.3 Å². The fraction of sp³-hybridized carbons (Fsp3) is 0.273. The molecule has 148 valence electrons. The Morgan fingerprint density at radius 1 is 1.28 bits per heavy atom. The molecule has 3 N–H and O–H groups in total. The van der Waals surface area contributed by atoms with Crippen molar-refractivity contribution in [1.29, 1.82) is 5.41 Å². The van der Waals surface area contributed by atoms with E-state index in [-0.39, 0.29) is 11.6 Å². The number of methoxy groups -OCH3 is 1. The smallest absolute Gasteiger partial charge is 0.145 e. The molecule has 7 nitrogen and oxygen atoms in total. The van der Waals surface area contributed by atoms with Gasteiger partial charge in [-0.2, -0.15) is 0 Å². The third-order valence-electron chi connectivity index (χ3n) is 5.72. The van der Waals surface area contributed by atoms with E-state index in [2.05, 4.69) is 9.97 Å². The molecule has 1 unspecified atom stereocenters. The number of aliphatic hydroxyl groups excluding tert-OH is 1. The van der Waals surface area contributed by atoms with Gasteiger partial charge in [0.05, 0.1) is 30.3 Å². The summed E-state index contributed by atoms with van der Waals surface area (Å²) in [7, 11) is 1.62. The monoisotopic (exact) mass is 390 g/mol. The van der Waals surface area contributed by atoms with Gasteiger partial charge in [-0.15, -0.1) is 0 Å². The van der Waals surface area contributed by atoms with Crippen LogP contribution < -0.4 is 9.64 Å². The topological polar surface area (TPSA) is 94.5 Å². The van der Waals surface area contributed by atoms with Crippen LogP contribution in [0.3, 0.4) is 0 Å². The summed E-state index contributed by atoms with van der Waals surface area (Å²) in [5, 5.41) is 20.3. The number of hydrogen-bond acceptors (Lipinski definition) is 5. The molecule has 2 aliphatic rings. The van der Waals surface area contributed by atoms with Gasteiger partial charge in [0.25, 0.3) is 0 Å². The van der Waals surface area contributed by atoms with Crippen molar-refractivity contribution in [1.82, 2.24) is 9.97 Å². The van der Waals surface area contributed by atoms with Crippen LogP contribution in [0.15, 0.2) is 48.2 Å². The Kier molecular flexibility index (Phi) is 3.89. The van der Waals surface area contributed by atoms with Crippen LogP contribution in [0, 0.1) is 12.3 Å². The first-order valence-corrected chi connectivity index (χ1v) is 9.55. The number of ether oxygens (including phenoxy) is 2. The third kappa shape index (κ3) is 2.54. The number of nitrogens with zero attached hydrogens (tertiary/aromatic N) is 2. The number of imidazole rings is 1. The molecule has 0 amide bonds. The molecular weight excluding hydrogens is 368 g/mol. The van der Waals surface area contributed by atoms with Gasteiger partial charge >= 0.3 is 0 Å². The standard InChI is InChI=1S/C22H22N4O3/c1-13-9-14(11-15(10-13)28-2)26-20(23)18(19(27)22(26)7-8-29-12-22)21-24-16-5-3-4-6-17(16)25-21/h3-6,9-11,23,27H,7-8,12H2,1-2H3,(H,24,25). The number of aromatic amines is 1. The Hall–Kier alpha value is -3.32. The lowest BCUT2D eigenvalue weighted by molar-refractivity contribution is 0.174. The molecule has 1 fully saturated rings. The van der Waals surface area contributed by atoms with Crippen LogP contribution in [0.4, 0.5) is 5.69 Å². The summed E-state index contributed by atoms with van der Waals surface area (Å²) >= 11 is 0. The van der Waals surface area contributed by atoms with Crippen molar-refractivity contribution in [3.63, 3.8) is 0 Å². The highest BCUT2D eigenvalue weighted by Gasteiger charge is 2.54. The number of fused-ring (bicyclic) bond motifs is 1. The zero-order valence-corrected chi connectivity index (χ0v) is 16.3. The van der Waals surface area contributed by atoms with Crippen molar-refractivity contribution < 1.29 is 14.6 Å². The maximum atomic E-state index is 11.3. The lowest BCUT2D eigenvalue weighted by Crippen LogP contribution is -2.49. The Morgan fingerprint density at radius 3 is 2.83 bits per heavy atom. The minimum atomic E-state index is -0.815. The number of aryl methyl sites for hydroxylation is 1. The molecule has 1 aromatic heterocycles. The highest BCUT2D eigenvalue weighted by molar-refractivity contribution is 6.31. The maximum Gasteiger partial charge on any atom is 0.145 e. The second-order valence-corrected chi connectivity index (χ2v) is 7.55. The molecule has 5 rings (SSSR count). The van der Waals surface area contributed by atoms with Gasteiger partial charge in [-0.1, -0.05) is 12.1 Å². The summed E-state index contributed by atoms with van der Waals surface area (Å²) in [5.74, 6) is 1.51. The Balaban J connectivity index is 1.69. The van der Waals surface area contributed by atoms with E-state index < -0.39 is 5.54 Å². The number of aliphatic hydroxyl groups is 1. The van der Waals surface area contributed by atoms with E-state index >= 15 is 0 Å². The highest BCUT2D eigenvalue weighted by Crippen LogP contribution is 2.46. The molecule has 1 saturated heterocycles. The number of aromatic nitrogens is 2. The molecule has 29 heavy (non-hydrogen) atoms. The molecule has 0 bridgehead atoms. The molecule has 3 heterocycles. The third-order valence-corrected chi connectivity index (χ3v) is 5.72. The summed E-state index contributed by atoms with van der Waals surface area (Å²) in [6.45, 7) is 2.81. The molecule has 3 aromatic rings. The van der Waals surface area contributed by atoms with Gasteiger partial charge in [-0.3, -0.25) is 5.41 Å². The Morgan fingerprint density at radius 2 is 2.10 bits per heavy atom. The first-order chi connectivity index (χ1) is 14.0. The number of anilines is 1. The highest BCUT2D eigenvalue weighted by atomic mass is 16.5. The minimum absolute atomic E-state index is 0.125. The van der Waals surface area contributed by atoms with Crippen molar-refractivity contribution in [2.75, 3.05) is 25.2 Å². The van der Waals surface area contributed by atoms with Crippen LogP contribution in [0.5, 0.6) is 5.75 Å². The predicted molar refractivity (Wildman–Crippen MR) is 112 cm³/mol. The molecule has 7 heteroatoms. The number of amidine groups is 1. The molecule has 0 saturated carbocycles. The van der Waals surface area contributed by atoms with E-state index in [1.165, 1.54) is 0 Å². The Labute approximate surface area is 168 Å². The number of rotatable bonds is 3. The lowest BCUT2D eigenvalue weighted by Gasteiger charge is -2.35. The first-order valence-electron chi connectivity index (χ1n) is 9.55. The Bertz CT molecular complexity index is 1120. The van der Waals surface area contributed by atoms with Crippen LogP contribution in [-0.2, 0) is 4.74 Å². The average molecular weight is 390 g/mol. The molecule has 0 radical (unpaired) electrons. The fourth-order valence-electron chi connectivity index (χ4n) is 4.34. The maximum absolute atomic E-state index is 11.3. The predicted octanol–water partition coefficient (Wildman–Crippen LogP) is 3.81. The van der Waals surface area contributed by atoms with Crippen LogP contribution in [0.2, 0.25) is 0 Å². The van der Waals surface area contributed by atoms with Gasteiger partial charge in [-0.25, -0.2) is 4.98 Å². The van der Waals surface area contributed by atoms with E-state index in [9.17, 15) is 5.11 Å². The van der Waals surface area contributed by atoms with Crippen LogP contribution in [0.25, 0.3) is 16.6 Å². The number of H-pyrrole nitrogens is 1. The summed E-state index contributed by atoms with van der Waals surface area (Å²) in [6, 6.07) is 13.5. The van der Waals surface area contributed by atoms with Crippen LogP contribution in [0.1, 0.15) is 17.8 Å². The largest absolute Gasteiger partial charge is 0.509 e. The zero-order chi connectivity index (χ0) is 20.2. The van der Waals surface area contributed by atoms with Gasteiger partial charge in [0.1, 0.15) is 28.7 Å². The average Bonchev–Trinajstić information content (AvgIpc) is 3.39. The van der Waals surface area contributed by atoms with E-state index in [0.717, 1.165) is 22.3 Å². The molecule has 2 aromatic carbocycles. The summed E-state index contributed by atoms with van der Waals surface area (Å²) in [4.78, 5) is 9.73. The zero-order valence-electron chi connectivity index (χ0n) is 16.3. The molecule has 1 spiro atoms. The number of benzene rings is 2. The van der Waals surface area contributed by atoms with Crippen LogP contribution >= 0.6 is 0 Å². The number of nitrogens with one attached hydrogen (secondary N) is 2.